The number of nitrogen functional groups attached to an aromatic ring is 1. The second-order valence-electron chi connectivity index (χ2n) is 4.64. The Morgan fingerprint density at radius 1 is 1.17 bits per heavy atom. The predicted molar refractivity (Wildman–Crippen MR) is 81.5 cm³/mol. The highest BCUT2D eigenvalue weighted by molar-refractivity contribution is 5.99. The first-order valence-corrected chi connectivity index (χ1v) is 6.83. The summed E-state index contributed by atoms with van der Waals surface area (Å²) < 4.78 is 43.7. The molecule has 0 aromatic heterocycles. The van der Waals surface area contributed by atoms with Crippen molar-refractivity contribution in [2.75, 3.05) is 17.2 Å². The number of hydrogen-bond acceptors (Lipinski definition) is 3. The molecule has 0 aliphatic carbocycles. The molecule has 2 N–H and O–H groups in total. The van der Waals surface area contributed by atoms with Crippen LogP contribution in [-0.4, -0.2) is 12.7 Å². The van der Waals surface area contributed by atoms with E-state index in [1.54, 1.807) is 25.1 Å². The van der Waals surface area contributed by atoms with Crippen molar-refractivity contribution in [3.8, 4) is 0 Å². The molecule has 0 atom stereocenters. The third-order valence-corrected chi connectivity index (χ3v) is 3.06. The van der Waals surface area contributed by atoms with Gasteiger partial charge in [-0.25, -0.2) is 9.69 Å². The van der Waals surface area contributed by atoms with Gasteiger partial charge in [0.25, 0.3) is 0 Å². The largest absolute Gasteiger partial charge is 0.449 e. The number of ether oxygens (including phenoxy) is 1. The molecule has 0 bridgehead atoms. The zero-order valence-corrected chi connectivity index (χ0v) is 12.3. The topological polar surface area (TPSA) is 55.6 Å². The van der Waals surface area contributed by atoms with Crippen LogP contribution in [0.1, 0.15) is 12.5 Å². The molecule has 0 aliphatic heterocycles. The smallest absolute Gasteiger partial charge is 0.419 e. The lowest BCUT2D eigenvalue weighted by atomic mass is 10.1. The van der Waals surface area contributed by atoms with Gasteiger partial charge in [0.2, 0.25) is 0 Å². The van der Waals surface area contributed by atoms with Gasteiger partial charge < -0.3 is 10.5 Å². The van der Waals surface area contributed by atoms with E-state index < -0.39 is 17.8 Å². The number of anilines is 3. The van der Waals surface area contributed by atoms with Crippen LogP contribution in [0.15, 0.2) is 48.5 Å². The second kappa shape index (κ2) is 6.60. The Morgan fingerprint density at radius 2 is 1.87 bits per heavy atom. The summed E-state index contributed by atoms with van der Waals surface area (Å²) in [4.78, 5) is 13.2. The van der Waals surface area contributed by atoms with Crippen molar-refractivity contribution in [3.63, 3.8) is 0 Å². The quantitative estimate of drug-likeness (QED) is 0.841. The Hall–Kier alpha value is -2.70. The van der Waals surface area contributed by atoms with E-state index in [4.69, 9.17) is 10.5 Å². The number of carbonyl (C=O) groups is 1. The summed E-state index contributed by atoms with van der Waals surface area (Å²) in [7, 11) is 0. The number of amides is 1. The van der Waals surface area contributed by atoms with Crippen LogP contribution >= 0.6 is 0 Å². The lowest BCUT2D eigenvalue weighted by molar-refractivity contribution is -0.137. The molecule has 2 rings (SSSR count). The van der Waals surface area contributed by atoms with Crippen LogP contribution in [0.2, 0.25) is 0 Å². The standard InChI is InChI=1S/C16H15F3N2O2/c1-2-23-15(22)21(14-9-4-3-8-13(14)20)12-7-5-6-11(10-12)16(17,18)19/h3-10H,2,20H2,1H3. The molecule has 0 unspecified atom stereocenters. The number of hydrogen-bond donors (Lipinski definition) is 1. The first kappa shape index (κ1) is 16.7. The monoisotopic (exact) mass is 324 g/mol. The van der Waals surface area contributed by atoms with Gasteiger partial charge in [-0.1, -0.05) is 18.2 Å². The molecule has 0 aliphatic rings. The molecule has 1 amide bonds. The van der Waals surface area contributed by atoms with E-state index in [2.05, 4.69) is 0 Å². The Bertz CT molecular complexity index is 702. The summed E-state index contributed by atoms with van der Waals surface area (Å²) in [6.45, 7) is 1.69. The van der Waals surface area contributed by atoms with E-state index in [-0.39, 0.29) is 23.7 Å². The Balaban J connectivity index is 2.55. The Labute approximate surface area is 131 Å². The molecule has 23 heavy (non-hydrogen) atoms. The molecule has 122 valence electrons. The van der Waals surface area contributed by atoms with Gasteiger partial charge in [0.05, 0.1) is 29.2 Å². The maximum absolute atomic E-state index is 12.9. The summed E-state index contributed by atoms with van der Waals surface area (Å²) in [6, 6.07) is 10.8. The van der Waals surface area contributed by atoms with Crippen molar-refractivity contribution in [2.24, 2.45) is 0 Å². The number of carbonyl (C=O) groups excluding carboxylic acids is 1. The van der Waals surface area contributed by atoms with Gasteiger partial charge in [-0.15, -0.1) is 0 Å². The van der Waals surface area contributed by atoms with Crippen LogP contribution in [0, 0.1) is 0 Å². The Morgan fingerprint density at radius 3 is 2.48 bits per heavy atom. The molecule has 4 nitrogen and oxygen atoms in total. The lowest BCUT2D eigenvalue weighted by Crippen LogP contribution is -2.27. The third-order valence-electron chi connectivity index (χ3n) is 3.06. The van der Waals surface area contributed by atoms with Crippen LogP contribution in [0.5, 0.6) is 0 Å². The zero-order valence-electron chi connectivity index (χ0n) is 12.3. The van der Waals surface area contributed by atoms with Crippen molar-refractivity contribution in [2.45, 2.75) is 13.1 Å². The first-order valence-electron chi connectivity index (χ1n) is 6.83. The fourth-order valence-electron chi connectivity index (χ4n) is 2.04. The summed E-state index contributed by atoms with van der Waals surface area (Å²) in [5.74, 6) is 0. The van der Waals surface area contributed by atoms with Gasteiger partial charge >= 0.3 is 12.3 Å². The van der Waals surface area contributed by atoms with Crippen LogP contribution < -0.4 is 10.6 Å². The number of rotatable bonds is 3. The first-order chi connectivity index (χ1) is 10.8. The molecule has 0 saturated carbocycles. The van der Waals surface area contributed by atoms with Crippen molar-refractivity contribution < 1.29 is 22.7 Å². The highest BCUT2D eigenvalue weighted by atomic mass is 19.4. The number of halogens is 3. The van der Waals surface area contributed by atoms with E-state index in [9.17, 15) is 18.0 Å². The van der Waals surface area contributed by atoms with Crippen molar-refractivity contribution in [1.29, 1.82) is 0 Å². The molecular formula is C16H15F3N2O2. The maximum Gasteiger partial charge on any atom is 0.419 e. The minimum absolute atomic E-state index is 0.0242. The van der Waals surface area contributed by atoms with Crippen LogP contribution in [-0.2, 0) is 10.9 Å². The SMILES string of the molecule is CCOC(=O)N(c1cccc(C(F)(F)F)c1)c1ccccc1N. The molecule has 0 fully saturated rings. The van der Waals surface area contributed by atoms with Crippen molar-refractivity contribution in [3.05, 3.63) is 54.1 Å². The second-order valence-corrected chi connectivity index (χ2v) is 4.64. The van der Waals surface area contributed by atoms with Crippen LogP contribution in [0.25, 0.3) is 0 Å². The van der Waals surface area contributed by atoms with Gasteiger partial charge in [-0.2, -0.15) is 13.2 Å². The van der Waals surface area contributed by atoms with E-state index in [1.807, 2.05) is 0 Å². The minimum atomic E-state index is -4.52. The average Bonchev–Trinajstić information content (AvgIpc) is 2.49. The van der Waals surface area contributed by atoms with E-state index in [0.29, 0.717) is 0 Å². The number of nitrogens with two attached hydrogens (primary N) is 1. The van der Waals surface area contributed by atoms with Gasteiger partial charge in [-0.3, -0.25) is 0 Å². The average molecular weight is 324 g/mol. The van der Waals surface area contributed by atoms with E-state index in [1.165, 1.54) is 18.2 Å². The Kier molecular flexibility index (Phi) is 4.78. The molecule has 2 aromatic carbocycles. The predicted octanol–water partition coefficient (Wildman–Crippen LogP) is 4.58. The van der Waals surface area contributed by atoms with Gasteiger partial charge in [0, 0.05) is 0 Å². The number of nitrogens with zero attached hydrogens (tertiary/aromatic N) is 1. The molecular weight excluding hydrogens is 309 g/mol. The number of para-hydroxylation sites is 2. The summed E-state index contributed by atoms with van der Waals surface area (Å²) >= 11 is 0. The fourth-order valence-corrected chi connectivity index (χ4v) is 2.04. The molecule has 0 spiro atoms. The number of alkyl halides is 3. The van der Waals surface area contributed by atoms with Gasteiger partial charge in [0.15, 0.2) is 0 Å². The highest BCUT2D eigenvalue weighted by Gasteiger charge is 2.32. The summed E-state index contributed by atoms with van der Waals surface area (Å²) in [6.07, 6.45) is -5.32. The summed E-state index contributed by atoms with van der Waals surface area (Å²) in [5.41, 5.74) is 5.51. The molecule has 7 heteroatoms. The van der Waals surface area contributed by atoms with Crippen LogP contribution in [0.3, 0.4) is 0 Å². The molecule has 0 heterocycles. The molecule has 0 saturated heterocycles. The van der Waals surface area contributed by atoms with Gasteiger partial charge in [-0.05, 0) is 37.3 Å². The van der Waals surface area contributed by atoms with Crippen molar-refractivity contribution in [1.82, 2.24) is 0 Å². The van der Waals surface area contributed by atoms with Crippen LogP contribution in [0.4, 0.5) is 35.0 Å². The molecule has 2 aromatic rings. The number of benzene rings is 2. The summed E-state index contributed by atoms with van der Waals surface area (Å²) in [5, 5.41) is 0. The third kappa shape index (κ3) is 3.74. The van der Waals surface area contributed by atoms with Crippen molar-refractivity contribution >= 4 is 23.2 Å². The fraction of sp³-hybridized carbons (Fsp3) is 0.188. The van der Waals surface area contributed by atoms with E-state index >= 15 is 0 Å². The van der Waals surface area contributed by atoms with Gasteiger partial charge in [0.1, 0.15) is 0 Å². The lowest BCUT2D eigenvalue weighted by Gasteiger charge is -2.24. The van der Waals surface area contributed by atoms with E-state index in [0.717, 1.165) is 17.0 Å². The zero-order chi connectivity index (χ0) is 17.0. The normalized spacial score (nSPS) is 11.1. The molecule has 0 radical (unpaired) electrons. The highest BCUT2D eigenvalue weighted by Crippen LogP contribution is 2.35. The minimum Gasteiger partial charge on any atom is -0.449 e. The maximum atomic E-state index is 12.9.